The number of hydrogen-bond acceptors (Lipinski definition) is 6. The molecule has 0 bridgehead atoms. The molecule has 1 atom stereocenters. The highest BCUT2D eigenvalue weighted by atomic mass is 32.2. The van der Waals surface area contributed by atoms with Gasteiger partial charge in [-0.05, 0) is 61.2 Å². The number of carbonyl (C=O) groups excluding carboxylic acids is 2. The van der Waals surface area contributed by atoms with E-state index in [4.69, 9.17) is 9.47 Å². The predicted molar refractivity (Wildman–Crippen MR) is 164 cm³/mol. The van der Waals surface area contributed by atoms with Gasteiger partial charge < -0.3 is 19.7 Å². The Labute approximate surface area is 249 Å². The predicted octanol–water partition coefficient (Wildman–Crippen LogP) is 4.79. The number of hydrogen-bond donors (Lipinski definition) is 1. The van der Waals surface area contributed by atoms with E-state index in [0.29, 0.717) is 18.7 Å². The maximum absolute atomic E-state index is 14.2. The van der Waals surface area contributed by atoms with E-state index in [1.807, 2.05) is 52.0 Å². The van der Waals surface area contributed by atoms with Crippen LogP contribution in [0.3, 0.4) is 0 Å². The van der Waals surface area contributed by atoms with Gasteiger partial charge in [0.25, 0.3) is 10.0 Å². The van der Waals surface area contributed by atoms with Crippen molar-refractivity contribution in [1.29, 1.82) is 0 Å². The zero-order valence-corrected chi connectivity index (χ0v) is 26.0. The number of rotatable bonds is 14. The molecule has 3 aromatic carbocycles. The van der Waals surface area contributed by atoms with Gasteiger partial charge in [-0.15, -0.1) is 0 Å². The van der Waals surface area contributed by atoms with Crippen LogP contribution in [0.1, 0.15) is 38.3 Å². The quantitative estimate of drug-likeness (QED) is 0.288. The lowest BCUT2D eigenvalue weighted by molar-refractivity contribution is -0.140. The summed E-state index contributed by atoms with van der Waals surface area (Å²) >= 11 is 0. The third kappa shape index (κ3) is 8.03. The van der Waals surface area contributed by atoms with Crippen molar-refractivity contribution in [3.8, 4) is 11.5 Å². The summed E-state index contributed by atoms with van der Waals surface area (Å²) in [6, 6.07) is 19.4. The minimum atomic E-state index is -4.24. The van der Waals surface area contributed by atoms with Crippen molar-refractivity contribution in [3.05, 3.63) is 83.9 Å². The SMILES string of the molecule is CC[C@@H](C(=O)NCC(C)C)N(Cc1ccc(C)cc1)C(=O)CN(c1ccccc1OC)S(=O)(=O)c1ccc(OC)cc1. The average molecular weight is 596 g/mol. The van der Waals surface area contributed by atoms with Gasteiger partial charge in [0.15, 0.2) is 0 Å². The fourth-order valence-corrected chi connectivity index (χ4v) is 5.88. The monoisotopic (exact) mass is 595 g/mol. The molecule has 0 radical (unpaired) electrons. The number of aryl methyl sites for hydroxylation is 1. The number of amides is 2. The molecule has 42 heavy (non-hydrogen) atoms. The van der Waals surface area contributed by atoms with Gasteiger partial charge in [-0.1, -0.05) is 62.7 Å². The molecule has 0 aliphatic heterocycles. The van der Waals surface area contributed by atoms with Crippen molar-refractivity contribution in [2.45, 2.75) is 51.6 Å². The van der Waals surface area contributed by atoms with Crippen LogP contribution in [0, 0.1) is 12.8 Å². The van der Waals surface area contributed by atoms with Crippen LogP contribution >= 0.6 is 0 Å². The summed E-state index contributed by atoms with van der Waals surface area (Å²) in [5, 5.41) is 2.94. The second kappa shape index (κ2) is 14.7. The minimum Gasteiger partial charge on any atom is -0.497 e. The first-order chi connectivity index (χ1) is 20.0. The number of anilines is 1. The number of para-hydroxylation sites is 2. The molecule has 0 fully saturated rings. The van der Waals surface area contributed by atoms with Crippen molar-refractivity contribution in [3.63, 3.8) is 0 Å². The van der Waals surface area contributed by atoms with Crippen LogP contribution in [0.5, 0.6) is 11.5 Å². The summed E-state index contributed by atoms with van der Waals surface area (Å²) in [5.74, 6) is 0.201. The number of benzene rings is 3. The van der Waals surface area contributed by atoms with E-state index in [1.165, 1.54) is 31.3 Å². The second-order valence-corrected chi connectivity index (χ2v) is 12.3. The van der Waals surface area contributed by atoms with E-state index < -0.39 is 28.5 Å². The van der Waals surface area contributed by atoms with Gasteiger partial charge in [-0.25, -0.2) is 8.42 Å². The smallest absolute Gasteiger partial charge is 0.264 e. The fourth-order valence-electron chi connectivity index (χ4n) is 4.46. The highest BCUT2D eigenvalue weighted by Gasteiger charge is 2.34. The lowest BCUT2D eigenvalue weighted by atomic mass is 10.1. The summed E-state index contributed by atoms with van der Waals surface area (Å²) < 4.78 is 39.9. The number of carbonyl (C=O) groups is 2. The molecule has 0 saturated carbocycles. The highest BCUT2D eigenvalue weighted by molar-refractivity contribution is 7.92. The first-order valence-corrected chi connectivity index (χ1v) is 15.4. The molecule has 0 aliphatic carbocycles. The topological polar surface area (TPSA) is 105 Å². The molecule has 2 amide bonds. The standard InChI is InChI=1S/C32H41N3O6S/c1-7-28(32(37)33-20-23(2)3)34(21-25-14-12-24(4)13-15-25)31(36)22-35(29-10-8-9-11-30(29)41-6)42(38,39)27-18-16-26(40-5)17-19-27/h8-19,23,28H,7,20-22H2,1-6H3,(H,33,37)/t28-/m0/s1. The third-order valence-corrected chi connectivity index (χ3v) is 8.60. The Kier molecular flexibility index (Phi) is 11.4. The zero-order chi connectivity index (χ0) is 30.9. The molecule has 0 unspecified atom stereocenters. The van der Waals surface area contributed by atoms with E-state index in [1.54, 1.807) is 36.4 Å². The summed E-state index contributed by atoms with van der Waals surface area (Å²) in [5.41, 5.74) is 2.09. The summed E-state index contributed by atoms with van der Waals surface area (Å²) in [4.78, 5) is 29.0. The number of methoxy groups -OCH3 is 2. The molecule has 1 N–H and O–H groups in total. The molecular weight excluding hydrogens is 554 g/mol. The lowest BCUT2D eigenvalue weighted by Gasteiger charge is -2.33. The molecule has 10 heteroatoms. The fraction of sp³-hybridized carbons (Fsp3) is 0.375. The molecule has 0 heterocycles. The van der Waals surface area contributed by atoms with E-state index in [0.717, 1.165) is 15.4 Å². The van der Waals surface area contributed by atoms with Gasteiger partial charge >= 0.3 is 0 Å². The number of nitrogens with zero attached hydrogens (tertiary/aromatic N) is 2. The first-order valence-electron chi connectivity index (χ1n) is 13.9. The molecule has 226 valence electrons. The normalized spacial score (nSPS) is 12.0. The van der Waals surface area contributed by atoms with Crippen LogP contribution < -0.4 is 19.1 Å². The van der Waals surface area contributed by atoms with Gasteiger partial charge in [0.05, 0.1) is 24.8 Å². The second-order valence-electron chi connectivity index (χ2n) is 10.4. The van der Waals surface area contributed by atoms with E-state index >= 15 is 0 Å². The van der Waals surface area contributed by atoms with Gasteiger partial charge in [0.1, 0.15) is 24.1 Å². The van der Waals surface area contributed by atoms with E-state index in [-0.39, 0.29) is 34.7 Å². The largest absolute Gasteiger partial charge is 0.497 e. The number of nitrogens with one attached hydrogen (secondary N) is 1. The highest BCUT2D eigenvalue weighted by Crippen LogP contribution is 2.33. The Balaban J connectivity index is 2.08. The molecule has 9 nitrogen and oxygen atoms in total. The maximum Gasteiger partial charge on any atom is 0.264 e. The third-order valence-electron chi connectivity index (χ3n) is 6.82. The Morgan fingerprint density at radius 1 is 0.905 bits per heavy atom. The maximum atomic E-state index is 14.2. The van der Waals surface area contributed by atoms with Crippen LogP contribution in [0.25, 0.3) is 0 Å². The van der Waals surface area contributed by atoms with Crippen molar-refractivity contribution >= 4 is 27.5 Å². The van der Waals surface area contributed by atoms with Crippen molar-refractivity contribution < 1.29 is 27.5 Å². The Bertz CT molecular complexity index is 1440. The molecule has 3 rings (SSSR count). The molecule has 0 saturated heterocycles. The molecule has 0 spiro atoms. The van der Waals surface area contributed by atoms with E-state index in [2.05, 4.69) is 5.32 Å². The van der Waals surface area contributed by atoms with Gasteiger partial charge in [0, 0.05) is 13.1 Å². The van der Waals surface area contributed by atoms with Gasteiger partial charge in [-0.2, -0.15) is 0 Å². The van der Waals surface area contributed by atoms with Crippen LogP contribution in [-0.4, -0.2) is 58.5 Å². The lowest BCUT2D eigenvalue weighted by Crippen LogP contribution is -2.52. The molecule has 3 aromatic rings. The van der Waals surface area contributed by atoms with Crippen LogP contribution in [0.2, 0.25) is 0 Å². The van der Waals surface area contributed by atoms with Crippen molar-refractivity contribution in [2.75, 3.05) is 31.6 Å². The molecule has 0 aliphatic rings. The van der Waals surface area contributed by atoms with Gasteiger partial charge in [-0.3, -0.25) is 13.9 Å². The van der Waals surface area contributed by atoms with E-state index in [9.17, 15) is 18.0 Å². The first kappa shape index (κ1) is 32.5. The summed E-state index contributed by atoms with van der Waals surface area (Å²) in [6.45, 7) is 7.83. The van der Waals surface area contributed by atoms with Gasteiger partial charge in [0.2, 0.25) is 11.8 Å². The Hall–Kier alpha value is -4.05. The van der Waals surface area contributed by atoms with Crippen molar-refractivity contribution in [1.82, 2.24) is 10.2 Å². The average Bonchev–Trinajstić information content (AvgIpc) is 2.99. The van der Waals surface area contributed by atoms with Crippen molar-refractivity contribution in [2.24, 2.45) is 5.92 Å². The summed E-state index contributed by atoms with van der Waals surface area (Å²) in [7, 11) is -1.31. The molecular formula is C32H41N3O6S. The number of sulfonamides is 1. The number of ether oxygens (including phenoxy) is 2. The molecule has 0 aromatic heterocycles. The Morgan fingerprint density at radius 3 is 2.12 bits per heavy atom. The zero-order valence-electron chi connectivity index (χ0n) is 25.2. The minimum absolute atomic E-state index is 0.0196. The van der Waals surface area contributed by atoms with Crippen LogP contribution in [0.15, 0.2) is 77.7 Å². The van der Waals surface area contributed by atoms with Crippen LogP contribution in [0.4, 0.5) is 5.69 Å². The summed E-state index contributed by atoms with van der Waals surface area (Å²) in [6.07, 6.45) is 0.349. The Morgan fingerprint density at radius 2 is 1.55 bits per heavy atom. The van der Waals surface area contributed by atoms with Crippen LogP contribution in [-0.2, 0) is 26.2 Å².